The number of anilines is 1. The van der Waals surface area contributed by atoms with Gasteiger partial charge < -0.3 is 15.5 Å². The molecule has 0 spiro atoms. The van der Waals surface area contributed by atoms with Gasteiger partial charge in [-0.2, -0.15) is 0 Å². The molecule has 0 heterocycles. The first-order valence-electron chi connectivity index (χ1n) is 7.40. The van der Waals surface area contributed by atoms with Gasteiger partial charge in [-0.15, -0.1) is 0 Å². The molecule has 0 unspecified atom stereocenters. The van der Waals surface area contributed by atoms with Crippen molar-refractivity contribution in [2.75, 3.05) is 18.4 Å². The number of carboxylic acid groups (broad SMARTS) is 2. The molecule has 0 aliphatic rings. The Labute approximate surface area is 134 Å². The zero-order valence-electron chi connectivity index (χ0n) is 13.3. The molecule has 0 saturated carbocycles. The van der Waals surface area contributed by atoms with Crippen molar-refractivity contribution in [3.8, 4) is 0 Å². The number of carboxylic acids is 2. The fourth-order valence-corrected chi connectivity index (χ4v) is 2.62. The molecule has 7 nitrogen and oxygen atoms in total. The maximum atomic E-state index is 12.8. The van der Waals surface area contributed by atoms with Crippen molar-refractivity contribution < 1.29 is 24.6 Å². The number of rotatable bonds is 9. The molecular formula is C16H22N2O5. The summed E-state index contributed by atoms with van der Waals surface area (Å²) in [6.07, 6.45) is 0.589. The number of carbonyl (C=O) groups excluding carboxylic acids is 1. The van der Waals surface area contributed by atoms with E-state index in [0.717, 1.165) is 0 Å². The zero-order valence-corrected chi connectivity index (χ0v) is 13.3. The van der Waals surface area contributed by atoms with Crippen LogP contribution in [0.4, 0.5) is 5.69 Å². The summed E-state index contributed by atoms with van der Waals surface area (Å²) < 4.78 is 0. The molecule has 1 amide bonds. The minimum absolute atomic E-state index is 0.294. The minimum Gasteiger partial charge on any atom is -0.480 e. The van der Waals surface area contributed by atoms with E-state index in [2.05, 4.69) is 5.32 Å². The topological polar surface area (TPSA) is 107 Å². The Kier molecular flexibility index (Phi) is 6.71. The predicted octanol–water partition coefficient (Wildman–Crippen LogP) is 1.66. The summed E-state index contributed by atoms with van der Waals surface area (Å²) in [6, 6.07) is 8.77. The Bertz CT molecular complexity index is 539. The highest BCUT2D eigenvalue weighted by Crippen LogP contribution is 2.26. The molecule has 0 aliphatic heterocycles. The van der Waals surface area contributed by atoms with Gasteiger partial charge in [-0.1, -0.05) is 32.0 Å². The van der Waals surface area contributed by atoms with Gasteiger partial charge in [-0.3, -0.25) is 19.3 Å². The summed E-state index contributed by atoms with van der Waals surface area (Å²) in [6.45, 7) is 2.45. The summed E-state index contributed by atoms with van der Waals surface area (Å²) in [5.41, 5.74) is -0.624. The lowest BCUT2D eigenvalue weighted by atomic mass is 9.89. The number of nitrogens with one attached hydrogen (secondary N) is 1. The number of amides is 1. The van der Waals surface area contributed by atoms with E-state index in [9.17, 15) is 14.4 Å². The molecule has 1 rings (SSSR count). The Hall–Kier alpha value is -2.41. The SMILES string of the molecule is CCC(CC)(C(=O)Nc1ccccc1)N(CC(=O)O)CC(=O)O. The minimum atomic E-state index is -1.20. The van der Waals surface area contributed by atoms with Crippen molar-refractivity contribution >= 4 is 23.5 Å². The molecule has 126 valence electrons. The lowest BCUT2D eigenvalue weighted by Gasteiger charge is -2.40. The highest BCUT2D eigenvalue weighted by atomic mass is 16.4. The van der Waals surface area contributed by atoms with Crippen LogP contribution >= 0.6 is 0 Å². The fourth-order valence-electron chi connectivity index (χ4n) is 2.62. The van der Waals surface area contributed by atoms with E-state index in [1.807, 2.05) is 6.07 Å². The van der Waals surface area contributed by atoms with E-state index in [0.29, 0.717) is 18.5 Å². The van der Waals surface area contributed by atoms with E-state index in [-0.39, 0.29) is 0 Å². The van der Waals surface area contributed by atoms with Gasteiger partial charge in [0.05, 0.1) is 13.1 Å². The fraction of sp³-hybridized carbons (Fsp3) is 0.438. The summed E-state index contributed by atoms with van der Waals surface area (Å²) >= 11 is 0. The smallest absolute Gasteiger partial charge is 0.317 e. The molecule has 0 saturated heterocycles. The van der Waals surface area contributed by atoms with E-state index in [1.54, 1.807) is 38.1 Å². The summed E-state index contributed by atoms with van der Waals surface area (Å²) in [5.74, 6) is -2.76. The molecule has 0 radical (unpaired) electrons. The average Bonchev–Trinajstić information content (AvgIpc) is 2.48. The molecule has 0 aliphatic carbocycles. The predicted molar refractivity (Wildman–Crippen MR) is 85.2 cm³/mol. The zero-order chi connectivity index (χ0) is 17.5. The van der Waals surface area contributed by atoms with Gasteiger partial charge in [0.25, 0.3) is 0 Å². The molecule has 0 atom stereocenters. The number of benzene rings is 1. The normalized spacial score (nSPS) is 11.3. The van der Waals surface area contributed by atoms with Crippen molar-refractivity contribution in [3.63, 3.8) is 0 Å². The Morgan fingerprint density at radius 2 is 1.48 bits per heavy atom. The van der Waals surface area contributed by atoms with Crippen LogP contribution in [-0.4, -0.2) is 51.6 Å². The van der Waals surface area contributed by atoms with Crippen molar-refractivity contribution in [2.45, 2.75) is 32.2 Å². The van der Waals surface area contributed by atoms with Crippen LogP contribution in [0.25, 0.3) is 0 Å². The van der Waals surface area contributed by atoms with Gasteiger partial charge >= 0.3 is 11.9 Å². The molecule has 3 N–H and O–H groups in total. The first-order chi connectivity index (χ1) is 10.9. The second kappa shape index (κ2) is 8.28. The Morgan fingerprint density at radius 1 is 1.00 bits per heavy atom. The molecule has 0 bridgehead atoms. The quantitative estimate of drug-likeness (QED) is 0.638. The van der Waals surface area contributed by atoms with Crippen LogP contribution in [0.2, 0.25) is 0 Å². The van der Waals surface area contributed by atoms with E-state index >= 15 is 0 Å². The number of para-hydroxylation sites is 1. The largest absolute Gasteiger partial charge is 0.480 e. The maximum absolute atomic E-state index is 12.8. The third-order valence-electron chi connectivity index (χ3n) is 3.88. The van der Waals surface area contributed by atoms with Crippen LogP contribution in [0.15, 0.2) is 30.3 Å². The number of aliphatic carboxylic acids is 2. The van der Waals surface area contributed by atoms with E-state index < -0.39 is 36.5 Å². The third-order valence-corrected chi connectivity index (χ3v) is 3.88. The second-order valence-corrected chi connectivity index (χ2v) is 5.20. The monoisotopic (exact) mass is 322 g/mol. The third kappa shape index (κ3) is 4.79. The summed E-state index contributed by atoms with van der Waals surface area (Å²) in [5, 5.41) is 20.9. The van der Waals surface area contributed by atoms with Crippen LogP contribution < -0.4 is 5.32 Å². The molecule has 1 aromatic carbocycles. The van der Waals surface area contributed by atoms with Crippen LogP contribution in [-0.2, 0) is 14.4 Å². The van der Waals surface area contributed by atoms with Gasteiger partial charge in [0.15, 0.2) is 0 Å². The van der Waals surface area contributed by atoms with Gasteiger partial charge in [0.1, 0.15) is 5.54 Å². The Balaban J connectivity index is 3.12. The summed E-state index contributed by atoms with van der Waals surface area (Å²) in [4.78, 5) is 36.1. The number of nitrogens with zero attached hydrogens (tertiary/aromatic N) is 1. The van der Waals surface area contributed by atoms with Gasteiger partial charge in [-0.25, -0.2) is 0 Å². The highest BCUT2D eigenvalue weighted by Gasteiger charge is 2.42. The average molecular weight is 322 g/mol. The van der Waals surface area contributed by atoms with Crippen LogP contribution in [0, 0.1) is 0 Å². The first-order valence-corrected chi connectivity index (χ1v) is 7.40. The lowest BCUT2D eigenvalue weighted by Crippen LogP contribution is -2.59. The molecule has 0 fully saturated rings. The number of hydrogen-bond donors (Lipinski definition) is 3. The molecule has 7 heteroatoms. The van der Waals surface area contributed by atoms with Crippen LogP contribution in [0.5, 0.6) is 0 Å². The molecule has 0 aromatic heterocycles. The summed E-state index contributed by atoms with van der Waals surface area (Å²) in [7, 11) is 0. The van der Waals surface area contributed by atoms with E-state index in [1.165, 1.54) is 4.90 Å². The van der Waals surface area contributed by atoms with Gasteiger partial charge in [-0.05, 0) is 25.0 Å². The van der Waals surface area contributed by atoms with Gasteiger partial charge in [0.2, 0.25) is 5.91 Å². The van der Waals surface area contributed by atoms with Crippen molar-refractivity contribution in [3.05, 3.63) is 30.3 Å². The maximum Gasteiger partial charge on any atom is 0.317 e. The van der Waals surface area contributed by atoms with Crippen molar-refractivity contribution in [1.29, 1.82) is 0 Å². The number of hydrogen-bond acceptors (Lipinski definition) is 4. The molecule has 1 aromatic rings. The van der Waals surface area contributed by atoms with Crippen LogP contribution in [0.3, 0.4) is 0 Å². The lowest BCUT2D eigenvalue weighted by molar-refractivity contribution is -0.147. The Morgan fingerprint density at radius 3 is 1.87 bits per heavy atom. The van der Waals surface area contributed by atoms with Gasteiger partial charge in [0, 0.05) is 5.69 Å². The van der Waals surface area contributed by atoms with Crippen molar-refractivity contribution in [2.24, 2.45) is 0 Å². The molecular weight excluding hydrogens is 300 g/mol. The first kappa shape index (κ1) is 18.6. The highest BCUT2D eigenvalue weighted by molar-refractivity contribution is 5.98. The van der Waals surface area contributed by atoms with Crippen molar-refractivity contribution in [1.82, 2.24) is 4.90 Å². The standard InChI is InChI=1S/C16H22N2O5/c1-3-16(4-2,18(10-13(19)20)11-14(21)22)15(23)17-12-8-6-5-7-9-12/h5-9H,3-4,10-11H2,1-2H3,(H,17,23)(H,19,20)(H,21,22). The second-order valence-electron chi connectivity index (χ2n) is 5.20. The van der Waals surface area contributed by atoms with Crippen LogP contribution in [0.1, 0.15) is 26.7 Å². The number of carbonyl (C=O) groups is 3. The molecule has 23 heavy (non-hydrogen) atoms. The van der Waals surface area contributed by atoms with E-state index in [4.69, 9.17) is 10.2 Å².